The number of ether oxygens (including phenoxy) is 2. The lowest BCUT2D eigenvalue weighted by molar-refractivity contribution is 0.262. The van der Waals surface area contributed by atoms with Gasteiger partial charge in [0, 0.05) is 16.9 Å². The van der Waals surface area contributed by atoms with E-state index < -0.39 is 0 Å². The van der Waals surface area contributed by atoms with Gasteiger partial charge < -0.3 is 14.8 Å². The van der Waals surface area contributed by atoms with Gasteiger partial charge in [0.2, 0.25) is 0 Å². The molecule has 6 nitrogen and oxygen atoms in total. The topological polar surface area (TPSA) is 72.5 Å². The van der Waals surface area contributed by atoms with E-state index in [0.717, 1.165) is 5.69 Å². The summed E-state index contributed by atoms with van der Waals surface area (Å²) < 4.78 is 10.4. The number of urea groups is 1. The molecule has 0 aliphatic heterocycles. The molecule has 0 bridgehead atoms. The number of amides is 2. The molecule has 0 unspecified atom stereocenters. The zero-order chi connectivity index (χ0) is 17.0. The maximum absolute atomic E-state index is 12.2. The van der Waals surface area contributed by atoms with Crippen molar-refractivity contribution in [3.05, 3.63) is 29.3 Å². The average Bonchev–Trinajstić information content (AvgIpc) is 2.95. The van der Waals surface area contributed by atoms with Gasteiger partial charge in [0.25, 0.3) is 0 Å². The molecule has 2 amide bonds. The molecule has 0 aliphatic rings. The number of anilines is 2. The van der Waals surface area contributed by atoms with Crippen molar-refractivity contribution < 1.29 is 14.3 Å². The van der Waals surface area contributed by atoms with E-state index in [-0.39, 0.29) is 11.4 Å². The average molecular weight is 335 g/mol. The Morgan fingerprint density at radius 3 is 2.48 bits per heavy atom. The summed E-state index contributed by atoms with van der Waals surface area (Å²) in [5.74, 6) is 1.18. The molecular weight excluding hydrogens is 314 g/mol. The highest BCUT2D eigenvalue weighted by molar-refractivity contribution is 7.14. The van der Waals surface area contributed by atoms with Crippen LogP contribution in [0.3, 0.4) is 0 Å². The monoisotopic (exact) mass is 335 g/mol. The van der Waals surface area contributed by atoms with Crippen molar-refractivity contribution in [2.45, 2.75) is 26.2 Å². The third-order valence-corrected chi connectivity index (χ3v) is 3.91. The normalized spacial score (nSPS) is 11.0. The van der Waals surface area contributed by atoms with Crippen LogP contribution in [0.2, 0.25) is 0 Å². The van der Waals surface area contributed by atoms with Gasteiger partial charge in [-0.2, -0.15) is 0 Å². The van der Waals surface area contributed by atoms with Gasteiger partial charge >= 0.3 is 6.03 Å². The Morgan fingerprint density at radius 2 is 1.91 bits per heavy atom. The van der Waals surface area contributed by atoms with E-state index in [1.54, 1.807) is 32.4 Å². The summed E-state index contributed by atoms with van der Waals surface area (Å²) in [6.07, 6.45) is 0. The Bertz CT molecular complexity index is 692. The number of hydrogen-bond acceptors (Lipinski definition) is 5. The first-order valence-corrected chi connectivity index (χ1v) is 7.97. The number of methoxy groups -OCH3 is 2. The van der Waals surface area contributed by atoms with Gasteiger partial charge in [0.1, 0.15) is 11.5 Å². The fraction of sp³-hybridized carbons (Fsp3) is 0.375. The second-order valence-electron chi connectivity index (χ2n) is 5.93. The van der Waals surface area contributed by atoms with Crippen LogP contribution in [0.5, 0.6) is 11.5 Å². The minimum atomic E-state index is -0.383. The molecule has 0 radical (unpaired) electrons. The lowest BCUT2D eigenvalue weighted by Gasteiger charge is -2.14. The molecule has 7 heteroatoms. The van der Waals surface area contributed by atoms with Crippen LogP contribution in [0.15, 0.2) is 23.6 Å². The standard InChI is InChI=1S/C16H21N3O3S/c1-16(2,3)13-9-23-15(18-13)19-14(20)17-11-8-10(21-4)6-7-12(11)22-5/h6-9H,1-5H3,(H2,17,18,19,20). The number of thiazole rings is 1. The number of aromatic nitrogens is 1. The number of nitrogens with one attached hydrogen (secondary N) is 2. The van der Waals surface area contributed by atoms with Gasteiger partial charge in [-0.15, -0.1) is 11.3 Å². The van der Waals surface area contributed by atoms with Crippen LogP contribution in [0, 0.1) is 0 Å². The van der Waals surface area contributed by atoms with Crippen molar-refractivity contribution >= 4 is 28.2 Å². The second-order valence-corrected chi connectivity index (χ2v) is 6.79. The number of benzene rings is 1. The summed E-state index contributed by atoms with van der Waals surface area (Å²) in [6, 6.07) is 4.81. The van der Waals surface area contributed by atoms with E-state index in [2.05, 4.69) is 36.4 Å². The number of carbonyl (C=O) groups is 1. The van der Waals surface area contributed by atoms with Gasteiger partial charge in [-0.05, 0) is 12.1 Å². The molecule has 0 fully saturated rings. The Hall–Kier alpha value is -2.28. The summed E-state index contributed by atoms with van der Waals surface area (Å²) in [4.78, 5) is 16.6. The number of hydrogen-bond donors (Lipinski definition) is 2. The first-order valence-electron chi connectivity index (χ1n) is 7.09. The van der Waals surface area contributed by atoms with Gasteiger partial charge in [-0.1, -0.05) is 20.8 Å². The third kappa shape index (κ3) is 4.35. The van der Waals surface area contributed by atoms with Gasteiger partial charge in [-0.3, -0.25) is 5.32 Å². The molecule has 1 aromatic carbocycles. The maximum atomic E-state index is 12.2. The van der Waals surface area contributed by atoms with Crippen molar-refractivity contribution in [3.8, 4) is 11.5 Å². The van der Waals surface area contributed by atoms with Crippen molar-refractivity contribution in [2.24, 2.45) is 0 Å². The minimum Gasteiger partial charge on any atom is -0.497 e. The molecule has 2 aromatic rings. The highest BCUT2D eigenvalue weighted by Crippen LogP contribution is 2.30. The van der Waals surface area contributed by atoms with Gasteiger partial charge in [-0.25, -0.2) is 9.78 Å². The quantitative estimate of drug-likeness (QED) is 0.882. The van der Waals surface area contributed by atoms with E-state index in [4.69, 9.17) is 9.47 Å². The highest BCUT2D eigenvalue weighted by Gasteiger charge is 2.18. The number of nitrogens with zero attached hydrogens (tertiary/aromatic N) is 1. The van der Waals surface area contributed by atoms with Crippen LogP contribution in [0.1, 0.15) is 26.5 Å². The molecule has 0 aliphatic carbocycles. The van der Waals surface area contributed by atoms with Crippen molar-refractivity contribution in [1.82, 2.24) is 4.98 Å². The Labute approximate surface area is 139 Å². The molecular formula is C16H21N3O3S. The predicted molar refractivity (Wildman–Crippen MR) is 93.0 cm³/mol. The Balaban J connectivity index is 2.09. The van der Waals surface area contributed by atoms with Crippen LogP contribution < -0.4 is 20.1 Å². The van der Waals surface area contributed by atoms with Crippen molar-refractivity contribution in [2.75, 3.05) is 24.9 Å². The SMILES string of the molecule is COc1ccc(OC)c(NC(=O)Nc2nc(C(C)(C)C)cs2)c1. The molecule has 23 heavy (non-hydrogen) atoms. The first-order chi connectivity index (χ1) is 10.8. The summed E-state index contributed by atoms with van der Waals surface area (Å²) in [7, 11) is 3.11. The van der Waals surface area contributed by atoms with Crippen LogP contribution in [-0.4, -0.2) is 25.2 Å². The fourth-order valence-electron chi connectivity index (χ4n) is 1.84. The third-order valence-electron chi connectivity index (χ3n) is 3.15. The summed E-state index contributed by atoms with van der Waals surface area (Å²) in [6.45, 7) is 6.23. The van der Waals surface area contributed by atoms with E-state index >= 15 is 0 Å². The van der Waals surface area contributed by atoms with E-state index in [9.17, 15) is 4.79 Å². The van der Waals surface area contributed by atoms with Gasteiger partial charge in [0.15, 0.2) is 5.13 Å². The van der Waals surface area contributed by atoms with Crippen LogP contribution in [0.4, 0.5) is 15.6 Å². The van der Waals surface area contributed by atoms with Gasteiger partial charge in [0.05, 0.1) is 25.6 Å². The predicted octanol–water partition coefficient (Wildman–Crippen LogP) is 4.10. The number of rotatable bonds is 4. The summed E-state index contributed by atoms with van der Waals surface area (Å²) >= 11 is 1.39. The molecule has 1 aromatic heterocycles. The maximum Gasteiger partial charge on any atom is 0.325 e. The summed E-state index contributed by atoms with van der Waals surface area (Å²) in [5, 5.41) is 7.97. The van der Waals surface area contributed by atoms with Crippen LogP contribution in [0.25, 0.3) is 0 Å². The lowest BCUT2D eigenvalue weighted by atomic mass is 9.93. The Morgan fingerprint density at radius 1 is 1.17 bits per heavy atom. The fourth-order valence-corrected chi connectivity index (χ4v) is 2.77. The molecule has 2 rings (SSSR count). The van der Waals surface area contributed by atoms with E-state index in [1.165, 1.54) is 11.3 Å². The second kappa shape index (κ2) is 6.87. The highest BCUT2D eigenvalue weighted by atomic mass is 32.1. The zero-order valence-electron chi connectivity index (χ0n) is 13.9. The molecule has 0 spiro atoms. The van der Waals surface area contributed by atoms with E-state index in [1.807, 2.05) is 5.38 Å². The van der Waals surface area contributed by atoms with E-state index in [0.29, 0.717) is 22.3 Å². The molecule has 1 heterocycles. The molecule has 0 saturated heterocycles. The molecule has 0 atom stereocenters. The Kier molecular flexibility index (Phi) is 5.10. The largest absolute Gasteiger partial charge is 0.497 e. The van der Waals surface area contributed by atoms with Crippen LogP contribution >= 0.6 is 11.3 Å². The van der Waals surface area contributed by atoms with Crippen molar-refractivity contribution in [1.29, 1.82) is 0 Å². The molecule has 2 N–H and O–H groups in total. The zero-order valence-corrected chi connectivity index (χ0v) is 14.7. The van der Waals surface area contributed by atoms with Crippen molar-refractivity contribution in [3.63, 3.8) is 0 Å². The molecule has 0 saturated carbocycles. The lowest BCUT2D eigenvalue weighted by Crippen LogP contribution is -2.20. The number of carbonyl (C=O) groups excluding carboxylic acids is 1. The smallest absolute Gasteiger partial charge is 0.325 e. The van der Waals surface area contributed by atoms with Crippen LogP contribution in [-0.2, 0) is 5.41 Å². The first kappa shape index (κ1) is 17.1. The summed E-state index contributed by atoms with van der Waals surface area (Å²) in [5.41, 5.74) is 1.41. The minimum absolute atomic E-state index is 0.0527. The molecule has 124 valence electrons.